The van der Waals surface area contributed by atoms with Gasteiger partial charge in [0.1, 0.15) is 0 Å². The van der Waals surface area contributed by atoms with Crippen LogP contribution in [0.4, 0.5) is 0 Å². The third-order valence-electron chi connectivity index (χ3n) is 4.56. The van der Waals surface area contributed by atoms with Gasteiger partial charge in [-0.1, -0.05) is 18.2 Å². The molecule has 1 N–H and O–H groups in total. The highest BCUT2D eigenvalue weighted by Gasteiger charge is 2.46. The zero-order valence-electron chi connectivity index (χ0n) is 12.6. The number of aromatic carboxylic acids is 1. The molecular formula is C17H18NO3. The van der Waals surface area contributed by atoms with Crippen LogP contribution in [0.15, 0.2) is 30.3 Å². The van der Waals surface area contributed by atoms with Crippen molar-refractivity contribution in [3.8, 4) is 0 Å². The van der Waals surface area contributed by atoms with Crippen LogP contribution in [0.2, 0.25) is 0 Å². The Morgan fingerprint density at radius 2 is 1.67 bits per heavy atom. The highest BCUT2D eigenvalue weighted by Crippen LogP contribution is 2.48. The normalized spacial score (nSPS) is 19.7. The molecule has 1 aliphatic heterocycles. The Morgan fingerprint density at radius 3 is 2.29 bits per heavy atom. The Bertz CT molecular complexity index is 762. The van der Waals surface area contributed by atoms with Crippen molar-refractivity contribution in [3.63, 3.8) is 0 Å². The molecule has 0 unspecified atom stereocenters. The Kier molecular flexibility index (Phi) is 2.71. The van der Waals surface area contributed by atoms with Crippen LogP contribution in [-0.2, 0) is 16.3 Å². The zero-order valence-corrected chi connectivity index (χ0v) is 12.6. The summed E-state index contributed by atoms with van der Waals surface area (Å²) in [5, 5.41) is 25.1. The van der Waals surface area contributed by atoms with Crippen LogP contribution in [0.3, 0.4) is 0 Å². The summed E-state index contributed by atoms with van der Waals surface area (Å²) in [7, 11) is 0. The maximum absolute atomic E-state index is 12.8. The van der Waals surface area contributed by atoms with Crippen molar-refractivity contribution >= 4 is 16.7 Å². The second-order valence-corrected chi connectivity index (χ2v) is 6.65. The third kappa shape index (κ3) is 1.73. The van der Waals surface area contributed by atoms with E-state index in [1.54, 1.807) is 12.1 Å². The molecule has 4 heteroatoms. The molecule has 1 heterocycles. The van der Waals surface area contributed by atoms with Crippen LogP contribution in [0.1, 0.15) is 49.2 Å². The van der Waals surface area contributed by atoms with Gasteiger partial charge in [-0.15, -0.1) is 10.3 Å². The summed E-state index contributed by atoms with van der Waals surface area (Å²) in [5.41, 5.74) is 0.516. The molecule has 1 aliphatic rings. The molecule has 0 atom stereocenters. The lowest BCUT2D eigenvalue weighted by Crippen LogP contribution is -2.52. The van der Waals surface area contributed by atoms with Crippen LogP contribution >= 0.6 is 0 Å². The van der Waals surface area contributed by atoms with E-state index in [0.717, 1.165) is 27.0 Å². The molecule has 0 saturated carbocycles. The molecule has 0 fully saturated rings. The molecule has 0 amide bonds. The fourth-order valence-electron chi connectivity index (χ4n) is 3.46. The molecule has 0 saturated heterocycles. The van der Waals surface area contributed by atoms with Gasteiger partial charge in [0.25, 0.3) is 0 Å². The molecule has 0 bridgehead atoms. The van der Waals surface area contributed by atoms with Crippen molar-refractivity contribution in [2.75, 3.05) is 0 Å². The number of benzene rings is 2. The summed E-state index contributed by atoms with van der Waals surface area (Å²) in [5.74, 6) is -0.975. The van der Waals surface area contributed by atoms with Crippen molar-refractivity contribution in [2.45, 2.75) is 38.8 Å². The lowest BCUT2D eigenvalue weighted by Gasteiger charge is -2.47. The van der Waals surface area contributed by atoms with E-state index in [1.165, 1.54) is 0 Å². The zero-order chi connectivity index (χ0) is 15.6. The summed E-state index contributed by atoms with van der Waals surface area (Å²) in [4.78, 5) is 11.3. The van der Waals surface area contributed by atoms with Crippen molar-refractivity contribution in [2.24, 2.45) is 0 Å². The van der Waals surface area contributed by atoms with Crippen LogP contribution in [-0.4, -0.2) is 16.1 Å². The molecule has 21 heavy (non-hydrogen) atoms. The van der Waals surface area contributed by atoms with Crippen LogP contribution in [0.5, 0.6) is 0 Å². The van der Waals surface area contributed by atoms with E-state index in [-0.39, 0.29) is 5.56 Å². The van der Waals surface area contributed by atoms with E-state index in [2.05, 4.69) is 0 Å². The number of hydroxylamine groups is 2. The van der Waals surface area contributed by atoms with Gasteiger partial charge in [0, 0.05) is 0 Å². The average molecular weight is 284 g/mol. The van der Waals surface area contributed by atoms with Gasteiger partial charge in [-0.05, 0) is 61.7 Å². The van der Waals surface area contributed by atoms with Crippen molar-refractivity contribution in [3.05, 3.63) is 47.0 Å². The van der Waals surface area contributed by atoms with Gasteiger partial charge in [-0.3, -0.25) is 0 Å². The first kappa shape index (κ1) is 14.0. The Hall–Kier alpha value is -1.91. The minimum absolute atomic E-state index is 0.218. The molecule has 0 aromatic heterocycles. The first-order valence-electron chi connectivity index (χ1n) is 6.96. The second kappa shape index (κ2) is 4.06. The van der Waals surface area contributed by atoms with Crippen molar-refractivity contribution in [1.29, 1.82) is 0 Å². The second-order valence-electron chi connectivity index (χ2n) is 6.65. The minimum atomic E-state index is -0.975. The maximum atomic E-state index is 12.8. The summed E-state index contributed by atoms with van der Waals surface area (Å²) in [6.45, 7) is 7.51. The number of rotatable bonds is 1. The molecule has 1 radical (unpaired) electrons. The van der Waals surface area contributed by atoms with Gasteiger partial charge < -0.3 is 5.11 Å². The average Bonchev–Trinajstić information content (AvgIpc) is 2.42. The van der Waals surface area contributed by atoms with Gasteiger partial charge in [-0.25, -0.2) is 4.79 Å². The topological polar surface area (TPSA) is 60.4 Å². The number of carboxylic acid groups (broad SMARTS) is 1. The fraction of sp³-hybridized carbons (Fsp3) is 0.353. The maximum Gasteiger partial charge on any atom is 0.335 e. The molecule has 0 aliphatic carbocycles. The molecule has 3 rings (SSSR count). The lowest BCUT2D eigenvalue weighted by molar-refractivity contribution is -0.281. The standard InChI is InChI=1S/C17H18NO3/c1-16(2)12-7-5-6-10-8-11(15(19)20)9-13(14(10)12)17(3,4)18(16)21/h5-9H,1-4H3,(H,19,20). The predicted molar refractivity (Wildman–Crippen MR) is 79.5 cm³/mol. The molecule has 2 aromatic carbocycles. The van der Waals surface area contributed by atoms with E-state index >= 15 is 0 Å². The SMILES string of the molecule is CC1(C)c2cccc3cc(C(=O)O)cc(c23)C(C)(C)N1[O]. The summed E-state index contributed by atoms with van der Waals surface area (Å²) in [6, 6.07) is 9.04. The van der Waals surface area contributed by atoms with E-state index in [0.29, 0.717) is 0 Å². The van der Waals surface area contributed by atoms with Gasteiger partial charge in [0.2, 0.25) is 0 Å². The quantitative estimate of drug-likeness (QED) is 0.869. The van der Waals surface area contributed by atoms with Gasteiger partial charge >= 0.3 is 5.97 Å². The lowest BCUT2D eigenvalue weighted by atomic mass is 9.75. The molecular weight excluding hydrogens is 266 g/mol. The number of hydrogen-bond acceptors (Lipinski definition) is 2. The van der Waals surface area contributed by atoms with E-state index in [4.69, 9.17) is 0 Å². The fourth-order valence-corrected chi connectivity index (χ4v) is 3.46. The third-order valence-corrected chi connectivity index (χ3v) is 4.56. The van der Waals surface area contributed by atoms with E-state index in [9.17, 15) is 15.1 Å². The Morgan fingerprint density at radius 1 is 1.05 bits per heavy atom. The summed E-state index contributed by atoms with van der Waals surface area (Å²) in [6.07, 6.45) is 0. The summed E-state index contributed by atoms with van der Waals surface area (Å²) < 4.78 is 0. The molecule has 4 nitrogen and oxygen atoms in total. The minimum Gasteiger partial charge on any atom is -0.478 e. The predicted octanol–water partition coefficient (Wildman–Crippen LogP) is 3.67. The summed E-state index contributed by atoms with van der Waals surface area (Å²) >= 11 is 0. The van der Waals surface area contributed by atoms with Gasteiger partial charge in [0.15, 0.2) is 0 Å². The van der Waals surface area contributed by atoms with Crippen LogP contribution in [0, 0.1) is 0 Å². The number of nitrogens with zero attached hydrogens (tertiary/aromatic N) is 1. The monoisotopic (exact) mass is 284 g/mol. The highest BCUT2D eigenvalue weighted by molar-refractivity contribution is 5.98. The van der Waals surface area contributed by atoms with Crippen molar-refractivity contribution < 1.29 is 15.1 Å². The Balaban J connectivity index is 2.51. The number of carbonyl (C=O) groups is 1. The molecule has 0 spiro atoms. The first-order chi connectivity index (χ1) is 9.67. The molecule has 109 valence electrons. The number of carboxylic acids is 1. The first-order valence-corrected chi connectivity index (χ1v) is 6.96. The van der Waals surface area contributed by atoms with Crippen molar-refractivity contribution in [1.82, 2.24) is 5.06 Å². The Labute approximate surface area is 123 Å². The highest BCUT2D eigenvalue weighted by atomic mass is 16.5. The molecule has 2 aromatic rings. The van der Waals surface area contributed by atoms with Crippen LogP contribution in [0.25, 0.3) is 10.8 Å². The van der Waals surface area contributed by atoms with Gasteiger partial charge in [0.05, 0.1) is 16.6 Å². The van der Waals surface area contributed by atoms with Crippen LogP contribution < -0.4 is 0 Å². The largest absolute Gasteiger partial charge is 0.478 e. The number of hydrogen-bond donors (Lipinski definition) is 1. The smallest absolute Gasteiger partial charge is 0.335 e. The van der Waals surface area contributed by atoms with E-state index < -0.39 is 17.0 Å². The van der Waals surface area contributed by atoms with Gasteiger partial charge in [-0.2, -0.15) is 0 Å². The van der Waals surface area contributed by atoms with E-state index in [1.807, 2.05) is 45.9 Å².